The zero-order valence-electron chi connectivity index (χ0n) is 14.5. The Bertz CT molecular complexity index is 752. The lowest BCUT2D eigenvalue weighted by Crippen LogP contribution is -2.48. The van der Waals surface area contributed by atoms with E-state index in [1.165, 1.54) is 0 Å². The number of hydrogen-bond donors (Lipinski definition) is 1. The van der Waals surface area contributed by atoms with E-state index in [2.05, 4.69) is 9.97 Å². The van der Waals surface area contributed by atoms with E-state index in [9.17, 15) is 8.78 Å². The second-order valence-corrected chi connectivity index (χ2v) is 7.49. The molecule has 2 N–H and O–H groups in total. The van der Waals surface area contributed by atoms with E-state index in [0.717, 1.165) is 31.0 Å². The van der Waals surface area contributed by atoms with Gasteiger partial charge in [-0.15, -0.1) is 0 Å². The summed E-state index contributed by atoms with van der Waals surface area (Å²) in [4.78, 5) is 8.04. The monoisotopic (exact) mass is 359 g/mol. The summed E-state index contributed by atoms with van der Waals surface area (Å²) in [6.45, 7) is 1.00. The molecule has 0 spiro atoms. The molecule has 2 aliphatic carbocycles. The zero-order chi connectivity index (χ0) is 18.1. The van der Waals surface area contributed by atoms with Gasteiger partial charge in [-0.1, -0.05) is 30.3 Å². The number of nitrogens with two attached hydrogens (primary N) is 1. The van der Waals surface area contributed by atoms with E-state index < -0.39 is 12.0 Å². The quantitative estimate of drug-likeness (QED) is 0.850. The predicted molar refractivity (Wildman–Crippen MR) is 94.5 cm³/mol. The SMILES string of the molecule is Nc1nc(C2CC([C@@H]3C[C@H](COCc4ccccc4)C3F)C2)ncc1F. The molecule has 6 heteroatoms. The molecule has 2 aliphatic rings. The number of hydrogen-bond acceptors (Lipinski definition) is 4. The topological polar surface area (TPSA) is 61.0 Å². The van der Waals surface area contributed by atoms with Crippen molar-refractivity contribution in [2.75, 3.05) is 12.3 Å². The van der Waals surface area contributed by atoms with Crippen molar-refractivity contribution in [2.45, 2.75) is 38.0 Å². The highest BCUT2D eigenvalue weighted by Gasteiger charge is 2.49. The Morgan fingerprint density at radius 3 is 2.62 bits per heavy atom. The van der Waals surface area contributed by atoms with Crippen LogP contribution < -0.4 is 5.73 Å². The number of nitrogens with zero attached hydrogens (tertiary/aromatic N) is 2. The average Bonchev–Trinajstić information content (AvgIpc) is 2.61. The predicted octanol–water partition coefficient (Wildman–Crippen LogP) is 3.88. The Labute approximate surface area is 151 Å². The molecule has 0 radical (unpaired) electrons. The van der Waals surface area contributed by atoms with Gasteiger partial charge in [0.2, 0.25) is 0 Å². The zero-order valence-corrected chi connectivity index (χ0v) is 14.5. The Hall–Kier alpha value is -2.08. The van der Waals surface area contributed by atoms with Crippen LogP contribution in [0.15, 0.2) is 36.5 Å². The van der Waals surface area contributed by atoms with E-state index >= 15 is 0 Å². The van der Waals surface area contributed by atoms with Crippen molar-refractivity contribution in [1.82, 2.24) is 9.97 Å². The van der Waals surface area contributed by atoms with Gasteiger partial charge in [0, 0.05) is 11.8 Å². The Kier molecular flexibility index (Phi) is 4.85. The van der Waals surface area contributed by atoms with Crippen molar-refractivity contribution in [3.8, 4) is 0 Å². The smallest absolute Gasteiger partial charge is 0.183 e. The highest BCUT2D eigenvalue weighted by Crippen LogP contribution is 2.53. The summed E-state index contributed by atoms with van der Waals surface area (Å²) in [7, 11) is 0. The van der Waals surface area contributed by atoms with Gasteiger partial charge >= 0.3 is 0 Å². The lowest BCUT2D eigenvalue weighted by atomic mass is 9.58. The van der Waals surface area contributed by atoms with Crippen molar-refractivity contribution >= 4 is 5.82 Å². The molecule has 0 amide bonds. The van der Waals surface area contributed by atoms with Crippen LogP contribution in [-0.4, -0.2) is 22.7 Å². The molecule has 3 atom stereocenters. The molecule has 1 aromatic carbocycles. The molecule has 0 bridgehead atoms. The fraction of sp³-hybridized carbons (Fsp3) is 0.500. The van der Waals surface area contributed by atoms with Crippen LogP contribution in [0, 0.1) is 23.6 Å². The van der Waals surface area contributed by atoms with Gasteiger partial charge in [-0.2, -0.15) is 0 Å². The van der Waals surface area contributed by atoms with Gasteiger partial charge in [-0.3, -0.25) is 0 Å². The van der Waals surface area contributed by atoms with Crippen LogP contribution in [0.25, 0.3) is 0 Å². The fourth-order valence-electron chi connectivity index (χ4n) is 4.09. The average molecular weight is 359 g/mol. The molecule has 1 heterocycles. The first-order chi connectivity index (χ1) is 12.6. The fourth-order valence-corrected chi connectivity index (χ4v) is 4.09. The minimum absolute atomic E-state index is 0.000442. The summed E-state index contributed by atoms with van der Waals surface area (Å²) in [5.74, 6) is 0.512. The molecule has 26 heavy (non-hydrogen) atoms. The minimum Gasteiger partial charge on any atom is -0.381 e. The maximum Gasteiger partial charge on any atom is 0.183 e. The van der Waals surface area contributed by atoms with Gasteiger partial charge in [0.15, 0.2) is 11.6 Å². The number of nitrogen functional groups attached to an aromatic ring is 1. The molecule has 0 aliphatic heterocycles. The molecule has 2 fully saturated rings. The number of anilines is 1. The van der Waals surface area contributed by atoms with Gasteiger partial charge in [0.1, 0.15) is 12.0 Å². The molecule has 1 aromatic heterocycles. The maximum absolute atomic E-state index is 14.5. The minimum atomic E-state index is -0.795. The summed E-state index contributed by atoms with van der Waals surface area (Å²) in [5.41, 5.74) is 6.61. The highest BCUT2D eigenvalue weighted by molar-refractivity contribution is 5.29. The normalized spacial score (nSPS) is 30.5. The largest absolute Gasteiger partial charge is 0.381 e. The second-order valence-electron chi connectivity index (χ2n) is 7.49. The van der Waals surface area contributed by atoms with Crippen LogP contribution in [0.3, 0.4) is 0 Å². The maximum atomic E-state index is 14.5. The molecule has 2 saturated carbocycles. The first-order valence-corrected chi connectivity index (χ1v) is 9.15. The molecule has 0 saturated heterocycles. The van der Waals surface area contributed by atoms with E-state index in [1.807, 2.05) is 30.3 Å². The van der Waals surface area contributed by atoms with Crippen LogP contribution in [0.1, 0.15) is 36.6 Å². The lowest BCUT2D eigenvalue weighted by Gasteiger charge is -2.49. The Morgan fingerprint density at radius 2 is 1.92 bits per heavy atom. The number of alkyl halides is 1. The number of aromatic nitrogens is 2. The first kappa shape index (κ1) is 17.3. The molecule has 2 aromatic rings. The molecule has 138 valence electrons. The van der Waals surface area contributed by atoms with E-state index in [0.29, 0.717) is 25.0 Å². The number of ether oxygens (including phenoxy) is 1. The third-order valence-corrected chi connectivity index (χ3v) is 5.81. The second kappa shape index (κ2) is 7.27. The van der Waals surface area contributed by atoms with Crippen LogP contribution in [0.4, 0.5) is 14.6 Å². The summed E-state index contributed by atoms with van der Waals surface area (Å²) in [5, 5.41) is 0. The molecule has 4 rings (SSSR count). The van der Waals surface area contributed by atoms with Gasteiger partial charge in [-0.25, -0.2) is 18.7 Å². The lowest BCUT2D eigenvalue weighted by molar-refractivity contribution is -0.0766. The standard InChI is InChI=1S/C20H23F2N3O/c21-17-9-24-20(25-19(17)23)14-6-13(7-14)16-8-15(18(16)22)11-26-10-12-4-2-1-3-5-12/h1-5,9,13-16,18H,6-8,10-11H2,(H2,23,24,25)/t13?,14?,15-,16+,18?/m1/s1. The van der Waals surface area contributed by atoms with Gasteiger partial charge < -0.3 is 10.5 Å². The van der Waals surface area contributed by atoms with Crippen molar-refractivity contribution in [3.63, 3.8) is 0 Å². The van der Waals surface area contributed by atoms with E-state index in [4.69, 9.17) is 10.5 Å². The number of benzene rings is 1. The van der Waals surface area contributed by atoms with Gasteiger partial charge in [0.25, 0.3) is 0 Å². The highest BCUT2D eigenvalue weighted by atomic mass is 19.1. The van der Waals surface area contributed by atoms with Crippen LogP contribution >= 0.6 is 0 Å². The summed E-state index contributed by atoms with van der Waals surface area (Å²) in [6.07, 6.45) is 2.91. The van der Waals surface area contributed by atoms with Crippen molar-refractivity contribution in [1.29, 1.82) is 0 Å². The Morgan fingerprint density at radius 1 is 1.15 bits per heavy atom. The molecular formula is C20H23F2N3O. The van der Waals surface area contributed by atoms with Crippen molar-refractivity contribution in [2.24, 2.45) is 17.8 Å². The molecule has 1 unspecified atom stereocenters. The van der Waals surface area contributed by atoms with Gasteiger partial charge in [0.05, 0.1) is 19.4 Å². The third kappa shape index (κ3) is 3.43. The summed E-state index contributed by atoms with van der Waals surface area (Å²) < 4.78 is 33.3. The van der Waals surface area contributed by atoms with Crippen LogP contribution in [0.5, 0.6) is 0 Å². The number of halogens is 2. The van der Waals surface area contributed by atoms with Crippen LogP contribution in [0.2, 0.25) is 0 Å². The Balaban J connectivity index is 1.20. The van der Waals surface area contributed by atoms with Gasteiger partial charge in [-0.05, 0) is 36.7 Å². The van der Waals surface area contributed by atoms with Crippen LogP contribution in [-0.2, 0) is 11.3 Å². The van der Waals surface area contributed by atoms with Crippen molar-refractivity contribution < 1.29 is 13.5 Å². The summed E-state index contributed by atoms with van der Waals surface area (Å²) >= 11 is 0. The summed E-state index contributed by atoms with van der Waals surface area (Å²) in [6, 6.07) is 9.93. The van der Waals surface area contributed by atoms with E-state index in [-0.39, 0.29) is 23.6 Å². The third-order valence-electron chi connectivity index (χ3n) is 5.81. The molecule has 4 nitrogen and oxygen atoms in total. The number of rotatable bonds is 6. The van der Waals surface area contributed by atoms with E-state index in [1.54, 1.807) is 0 Å². The van der Waals surface area contributed by atoms with Crippen molar-refractivity contribution in [3.05, 3.63) is 53.7 Å². The first-order valence-electron chi connectivity index (χ1n) is 9.15. The molecular weight excluding hydrogens is 336 g/mol.